The normalized spacial score (nSPS) is 12.1. The number of hydrogen-bond donors (Lipinski definition) is 2. The van der Waals surface area contributed by atoms with Crippen LogP contribution in [0.3, 0.4) is 0 Å². The molecular formula is C23H27FN6O5. The Morgan fingerprint density at radius 2 is 2.03 bits per heavy atom. The molecule has 2 heterocycles. The lowest BCUT2D eigenvalue weighted by molar-refractivity contribution is -0.137. The number of pyridine rings is 1. The molecule has 0 bridgehead atoms. The van der Waals surface area contributed by atoms with Gasteiger partial charge in [0.1, 0.15) is 17.2 Å². The molecule has 0 spiro atoms. The molecule has 1 amide bonds. The van der Waals surface area contributed by atoms with Crippen molar-refractivity contribution in [2.45, 2.75) is 51.8 Å². The van der Waals surface area contributed by atoms with Crippen molar-refractivity contribution < 1.29 is 28.6 Å². The molecule has 0 radical (unpaired) electrons. The predicted octanol–water partition coefficient (Wildman–Crippen LogP) is 2.86. The van der Waals surface area contributed by atoms with Gasteiger partial charge >= 0.3 is 12.1 Å². The van der Waals surface area contributed by atoms with E-state index in [9.17, 15) is 14.0 Å². The number of tetrazole rings is 1. The van der Waals surface area contributed by atoms with Crippen LogP contribution in [0.5, 0.6) is 5.75 Å². The quantitative estimate of drug-likeness (QED) is 0.442. The Morgan fingerprint density at radius 3 is 2.69 bits per heavy atom. The fraction of sp³-hybridized carbons (Fsp3) is 0.391. The first-order valence-electron chi connectivity index (χ1n) is 10.9. The molecule has 0 unspecified atom stereocenters. The number of nitrogens with zero attached hydrogens (tertiary/aromatic N) is 5. The van der Waals surface area contributed by atoms with Crippen LogP contribution in [0.4, 0.5) is 9.18 Å². The third kappa shape index (κ3) is 8.32. The Kier molecular flexibility index (Phi) is 8.29. The summed E-state index contributed by atoms with van der Waals surface area (Å²) in [6.07, 6.45) is 1.11. The van der Waals surface area contributed by atoms with Crippen molar-refractivity contribution >= 4 is 12.1 Å². The molecule has 0 saturated heterocycles. The molecule has 2 N–H and O–H groups in total. The zero-order valence-corrected chi connectivity index (χ0v) is 19.6. The number of rotatable bonds is 10. The smallest absolute Gasteiger partial charge is 0.407 e. The zero-order chi connectivity index (χ0) is 25.4. The number of alkyl carbamates (subject to hydrolysis) is 1. The molecule has 1 aromatic carbocycles. The summed E-state index contributed by atoms with van der Waals surface area (Å²) in [5, 5.41) is 23.5. The Labute approximate surface area is 201 Å². The first kappa shape index (κ1) is 25.5. The highest BCUT2D eigenvalue weighted by molar-refractivity contribution is 5.71. The molecule has 12 heteroatoms. The number of aliphatic carboxylic acids is 1. The number of hydrogen-bond acceptors (Lipinski definition) is 8. The number of carbonyl (C=O) groups is 2. The van der Waals surface area contributed by atoms with Crippen molar-refractivity contribution in [1.29, 1.82) is 0 Å². The SMILES string of the molecule is CC(C)(C)OC(=O)N[C@@H](CC(=O)O)Cn1nnc(-c2ccc(OCCc3ccccn3)cc2F)n1. The summed E-state index contributed by atoms with van der Waals surface area (Å²) in [6.45, 7) is 5.30. The van der Waals surface area contributed by atoms with Crippen molar-refractivity contribution in [2.24, 2.45) is 0 Å². The van der Waals surface area contributed by atoms with Gasteiger partial charge in [-0.2, -0.15) is 4.80 Å². The van der Waals surface area contributed by atoms with Crippen LogP contribution in [-0.2, 0) is 22.5 Å². The van der Waals surface area contributed by atoms with Gasteiger partial charge < -0.3 is 19.9 Å². The van der Waals surface area contributed by atoms with E-state index in [1.165, 1.54) is 12.1 Å². The number of benzene rings is 1. The van der Waals surface area contributed by atoms with Gasteiger partial charge in [-0.25, -0.2) is 9.18 Å². The van der Waals surface area contributed by atoms with E-state index in [0.717, 1.165) is 10.5 Å². The number of carbonyl (C=O) groups excluding carboxylic acids is 1. The van der Waals surface area contributed by atoms with Crippen LogP contribution in [0.15, 0.2) is 42.6 Å². The second kappa shape index (κ2) is 11.4. The van der Waals surface area contributed by atoms with E-state index >= 15 is 0 Å². The number of carboxylic acids is 1. The molecule has 35 heavy (non-hydrogen) atoms. The number of carboxylic acid groups (broad SMARTS) is 1. The van der Waals surface area contributed by atoms with Gasteiger partial charge in [-0.1, -0.05) is 6.07 Å². The molecule has 186 valence electrons. The van der Waals surface area contributed by atoms with Crippen LogP contribution in [0.1, 0.15) is 32.9 Å². The minimum absolute atomic E-state index is 0.00822. The number of ether oxygens (including phenoxy) is 2. The number of aromatic nitrogens is 5. The van der Waals surface area contributed by atoms with Crippen LogP contribution in [0, 0.1) is 5.82 Å². The first-order chi connectivity index (χ1) is 16.6. The molecule has 0 aliphatic heterocycles. The van der Waals surface area contributed by atoms with Gasteiger partial charge in [0.05, 0.1) is 31.2 Å². The van der Waals surface area contributed by atoms with Crippen LogP contribution < -0.4 is 10.1 Å². The third-order valence-corrected chi connectivity index (χ3v) is 4.51. The molecular weight excluding hydrogens is 459 g/mol. The molecule has 1 atom stereocenters. The number of halogens is 1. The van der Waals surface area contributed by atoms with Gasteiger partial charge in [-0.05, 0) is 50.3 Å². The lowest BCUT2D eigenvalue weighted by Gasteiger charge is -2.22. The fourth-order valence-electron chi connectivity index (χ4n) is 3.06. The maximum atomic E-state index is 14.7. The van der Waals surface area contributed by atoms with Crippen molar-refractivity contribution in [3.63, 3.8) is 0 Å². The lowest BCUT2D eigenvalue weighted by Crippen LogP contribution is -2.42. The molecule has 3 rings (SSSR count). The molecule has 0 fully saturated rings. The van der Waals surface area contributed by atoms with Gasteiger partial charge in [0.15, 0.2) is 0 Å². The topological polar surface area (TPSA) is 141 Å². The van der Waals surface area contributed by atoms with E-state index < -0.39 is 35.9 Å². The predicted molar refractivity (Wildman–Crippen MR) is 122 cm³/mol. The highest BCUT2D eigenvalue weighted by atomic mass is 19.1. The van der Waals surface area contributed by atoms with E-state index in [-0.39, 0.29) is 17.9 Å². The van der Waals surface area contributed by atoms with Gasteiger partial charge in [-0.3, -0.25) is 9.78 Å². The van der Waals surface area contributed by atoms with Crippen molar-refractivity contribution in [3.05, 3.63) is 54.1 Å². The summed E-state index contributed by atoms with van der Waals surface area (Å²) in [5.74, 6) is -1.38. The Balaban J connectivity index is 1.62. The third-order valence-electron chi connectivity index (χ3n) is 4.51. The standard InChI is InChI=1S/C23H27FN6O5/c1-23(2,3)35-22(33)26-16(12-20(31)32)14-30-28-21(27-29-30)18-8-7-17(13-19(18)24)34-11-9-15-6-4-5-10-25-15/h4-8,10,13,16H,9,11-12,14H2,1-3H3,(H,26,33)(H,31,32)/t16-/m0/s1. The maximum Gasteiger partial charge on any atom is 0.407 e. The van der Waals surface area contributed by atoms with E-state index in [1.807, 2.05) is 18.2 Å². The summed E-state index contributed by atoms with van der Waals surface area (Å²) in [5.41, 5.74) is 0.221. The first-order valence-corrected chi connectivity index (χ1v) is 10.9. The van der Waals surface area contributed by atoms with Gasteiger partial charge in [-0.15, -0.1) is 10.2 Å². The van der Waals surface area contributed by atoms with Crippen molar-refractivity contribution in [1.82, 2.24) is 30.5 Å². The van der Waals surface area contributed by atoms with Gasteiger partial charge in [0, 0.05) is 24.4 Å². The second-order valence-corrected chi connectivity index (χ2v) is 8.67. The summed E-state index contributed by atoms with van der Waals surface area (Å²) >= 11 is 0. The molecule has 0 aliphatic carbocycles. The highest BCUT2D eigenvalue weighted by Gasteiger charge is 2.23. The van der Waals surface area contributed by atoms with Crippen LogP contribution in [0.2, 0.25) is 0 Å². The highest BCUT2D eigenvalue weighted by Crippen LogP contribution is 2.23. The molecule has 0 aliphatic rings. The van der Waals surface area contributed by atoms with Gasteiger partial charge in [0.25, 0.3) is 0 Å². The number of nitrogens with one attached hydrogen (secondary N) is 1. The van der Waals surface area contributed by atoms with Gasteiger partial charge in [0.2, 0.25) is 5.82 Å². The van der Waals surface area contributed by atoms with Crippen molar-refractivity contribution in [2.75, 3.05) is 6.61 Å². The lowest BCUT2D eigenvalue weighted by atomic mass is 10.2. The molecule has 11 nitrogen and oxygen atoms in total. The monoisotopic (exact) mass is 486 g/mol. The van der Waals surface area contributed by atoms with Crippen LogP contribution in [-0.4, -0.2) is 60.6 Å². The summed E-state index contributed by atoms with van der Waals surface area (Å²) in [4.78, 5) is 28.5. The van der Waals surface area contributed by atoms with E-state index in [1.54, 1.807) is 33.0 Å². The van der Waals surface area contributed by atoms with E-state index in [2.05, 4.69) is 25.7 Å². The van der Waals surface area contributed by atoms with Crippen LogP contribution in [0.25, 0.3) is 11.4 Å². The second-order valence-electron chi connectivity index (χ2n) is 8.67. The maximum absolute atomic E-state index is 14.7. The van der Waals surface area contributed by atoms with Crippen LogP contribution >= 0.6 is 0 Å². The Morgan fingerprint density at radius 1 is 1.23 bits per heavy atom. The van der Waals surface area contributed by atoms with Crippen molar-refractivity contribution in [3.8, 4) is 17.1 Å². The van der Waals surface area contributed by atoms with E-state index in [4.69, 9.17) is 14.6 Å². The van der Waals surface area contributed by atoms with E-state index in [0.29, 0.717) is 18.8 Å². The largest absolute Gasteiger partial charge is 0.493 e. The molecule has 0 saturated carbocycles. The summed E-state index contributed by atoms with van der Waals surface area (Å²) in [7, 11) is 0. The number of amides is 1. The molecule has 2 aromatic heterocycles. The molecule has 3 aromatic rings. The minimum atomic E-state index is -1.13. The fourth-order valence-corrected chi connectivity index (χ4v) is 3.06. The summed E-state index contributed by atoms with van der Waals surface area (Å²) in [6, 6.07) is 9.01. The zero-order valence-electron chi connectivity index (χ0n) is 19.6. The summed E-state index contributed by atoms with van der Waals surface area (Å²) < 4.78 is 25.5. The minimum Gasteiger partial charge on any atom is -0.493 e. The average Bonchev–Trinajstić information content (AvgIpc) is 3.20. The average molecular weight is 487 g/mol. The Bertz CT molecular complexity index is 1150. The Hall–Kier alpha value is -4.09.